The van der Waals surface area contributed by atoms with Crippen molar-refractivity contribution in [3.05, 3.63) is 72.9 Å². The van der Waals surface area contributed by atoms with Gasteiger partial charge in [-0.1, -0.05) is 196 Å². The first-order valence-corrected chi connectivity index (χ1v) is 27.0. The number of ether oxygens (including phenoxy) is 3. The van der Waals surface area contributed by atoms with E-state index in [0.717, 1.165) is 77.0 Å². The smallest absolute Gasteiger partial charge is 0.362 e. The normalized spacial score (nSPS) is 13.4. The van der Waals surface area contributed by atoms with Gasteiger partial charge in [0, 0.05) is 19.3 Å². The molecule has 0 amide bonds. The number of carboxylic acids is 1. The summed E-state index contributed by atoms with van der Waals surface area (Å²) < 4.78 is 17.4. The van der Waals surface area contributed by atoms with Crippen molar-refractivity contribution in [2.75, 3.05) is 41.0 Å². The van der Waals surface area contributed by atoms with Gasteiger partial charge >= 0.3 is 17.9 Å². The van der Waals surface area contributed by atoms with Crippen LogP contribution in [-0.4, -0.2) is 80.6 Å². The van der Waals surface area contributed by atoms with E-state index in [-0.39, 0.29) is 36.2 Å². The number of hydrogen-bond donors (Lipinski definition) is 1. The van der Waals surface area contributed by atoms with Gasteiger partial charge < -0.3 is 23.8 Å². The predicted molar refractivity (Wildman–Crippen MR) is 280 cm³/mol. The van der Waals surface area contributed by atoms with Crippen LogP contribution in [-0.2, 0) is 28.6 Å². The molecule has 0 aliphatic carbocycles. The summed E-state index contributed by atoms with van der Waals surface area (Å²) in [6.45, 7) is 4.61. The first kappa shape index (κ1) is 62.8. The number of carbonyl (C=O) groups is 3. The van der Waals surface area contributed by atoms with Crippen LogP contribution in [0.2, 0.25) is 0 Å². The van der Waals surface area contributed by atoms with Gasteiger partial charge in [0.2, 0.25) is 0 Å². The Bertz CT molecular complexity index is 1310. The molecule has 2 unspecified atom stereocenters. The van der Waals surface area contributed by atoms with E-state index in [9.17, 15) is 19.5 Å². The van der Waals surface area contributed by atoms with E-state index >= 15 is 0 Å². The van der Waals surface area contributed by atoms with Crippen LogP contribution in [0, 0.1) is 0 Å². The van der Waals surface area contributed by atoms with E-state index in [2.05, 4.69) is 86.8 Å². The summed E-state index contributed by atoms with van der Waals surface area (Å²) in [7, 11) is 5.53. The number of hydrogen-bond acceptors (Lipinski definition) is 6. The lowest BCUT2D eigenvalue weighted by molar-refractivity contribution is -0.887. The molecule has 2 atom stereocenters. The number of carbonyl (C=O) groups excluding carboxylic acids is 2. The molecule has 0 aromatic carbocycles. The molecule has 0 aromatic heterocycles. The van der Waals surface area contributed by atoms with Crippen molar-refractivity contribution in [1.29, 1.82) is 0 Å². The van der Waals surface area contributed by atoms with Gasteiger partial charge in [-0.05, 0) is 83.5 Å². The minimum absolute atomic E-state index is 0.0555. The quantitative estimate of drug-likeness (QED) is 0.0281. The lowest BCUT2D eigenvalue weighted by atomic mass is 10.1. The number of carboxylic acid groups (broad SMARTS) is 1. The third-order valence-electron chi connectivity index (χ3n) is 11.8. The molecular weight excluding hydrogens is 823 g/mol. The summed E-state index contributed by atoms with van der Waals surface area (Å²) in [6, 6.07) is -0.620. The Morgan fingerprint density at radius 1 is 0.470 bits per heavy atom. The van der Waals surface area contributed by atoms with Crippen LogP contribution in [0.1, 0.15) is 226 Å². The molecule has 0 heterocycles. The Labute approximate surface area is 406 Å². The number of esters is 2. The maximum atomic E-state index is 12.8. The van der Waals surface area contributed by atoms with Gasteiger partial charge in [-0.2, -0.15) is 0 Å². The Morgan fingerprint density at radius 3 is 1.26 bits per heavy atom. The number of allylic oxidation sites excluding steroid dienone is 12. The first-order chi connectivity index (χ1) is 32.1. The van der Waals surface area contributed by atoms with E-state index in [1.807, 2.05) is 21.1 Å². The molecule has 0 fully saturated rings. The molecule has 0 saturated heterocycles. The van der Waals surface area contributed by atoms with Gasteiger partial charge in [-0.15, -0.1) is 0 Å². The average molecular weight is 925 g/mol. The third-order valence-corrected chi connectivity index (χ3v) is 11.8. The molecule has 0 rings (SSSR count). The molecule has 8 nitrogen and oxygen atoms in total. The summed E-state index contributed by atoms with van der Waals surface area (Å²) in [6.07, 6.45) is 62.3. The van der Waals surface area contributed by atoms with Gasteiger partial charge in [0.1, 0.15) is 6.61 Å². The van der Waals surface area contributed by atoms with Crippen LogP contribution in [0.5, 0.6) is 0 Å². The van der Waals surface area contributed by atoms with E-state index in [1.165, 1.54) is 116 Å². The second-order valence-corrected chi connectivity index (χ2v) is 19.1. The number of aliphatic carboxylic acids is 1. The van der Waals surface area contributed by atoms with Crippen LogP contribution in [0.25, 0.3) is 0 Å². The van der Waals surface area contributed by atoms with Crippen molar-refractivity contribution in [3.8, 4) is 0 Å². The maximum absolute atomic E-state index is 12.8. The summed E-state index contributed by atoms with van der Waals surface area (Å²) in [5.74, 6) is -1.48. The molecule has 8 heteroatoms. The molecule has 380 valence electrons. The molecule has 0 saturated carbocycles. The summed E-state index contributed by atoms with van der Waals surface area (Å²) in [5.41, 5.74) is 0. The molecule has 0 radical (unpaired) electrons. The Kier molecular flexibility index (Phi) is 45.9. The second-order valence-electron chi connectivity index (χ2n) is 19.1. The monoisotopic (exact) mass is 925 g/mol. The largest absolute Gasteiger partial charge is 0.477 e. The van der Waals surface area contributed by atoms with Gasteiger partial charge in [0.15, 0.2) is 12.1 Å². The molecule has 0 bridgehead atoms. The lowest BCUT2D eigenvalue weighted by Crippen LogP contribution is -2.50. The average Bonchev–Trinajstić information content (AvgIpc) is 3.28. The predicted octanol–water partition coefficient (Wildman–Crippen LogP) is 15.9. The summed E-state index contributed by atoms with van der Waals surface area (Å²) in [4.78, 5) is 37.2. The first-order valence-electron chi connectivity index (χ1n) is 27.0. The van der Waals surface area contributed by atoms with Crippen LogP contribution >= 0.6 is 0 Å². The lowest BCUT2D eigenvalue weighted by Gasteiger charge is -2.31. The highest BCUT2D eigenvalue weighted by Gasteiger charge is 2.31. The van der Waals surface area contributed by atoms with E-state index < -0.39 is 18.1 Å². The Balaban J connectivity index is 4.23. The van der Waals surface area contributed by atoms with Crippen LogP contribution in [0.3, 0.4) is 0 Å². The van der Waals surface area contributed by atoms with Crippen LogP contribution < -0.4 is 0 Å². The highest BCUT2D eigenvalue weighted by atomic mass is 16.6. The highest BCUT2D eigenvalue weighted by Crippen LogP contribution is 2.15. The Hall–Kier alpha value is -3.23. The fourth-order valence-electron chi connectivity index (χ4n) is 7.70. The zero-order valence-corrected chi connectivity index (χ0v) is 43.4. The number of rotatable bonds is 48. The molecular formula is C58H102NO7+. The molecule has 0 aliphatic heterocycles. The topological polar surface area (TPSA) is 99.1 Å². The van der Waals surface area contributed by atoms with Gasteiger partial charge in [0.25, 0.3) is 0 Å². The zero-order chi connectivity index (χ0) is 48.4. The number of nitrogens with zero attached hydrogens (tertiary/aromatic N) is 1. The van der Waals surface area contributed by atoms with Crippen LogP contribution in [0.4, 0.5) is 0 Å². The van der Waals surface area contributed by atoms with Crippen molar-refractivity contribution >= 4 is 17.9 Å². The summed E-state index contributed by atoms with van der Waals surface area (Å²) in [5, 5.41) is 9.67. The minimum atomic E-state index is -0.877. The van der Waals surface area contributed by atoms with Crippen molar-refractivity contribution in [3.63, 3.8) is 0 Å². The molecule has 1 N–H and O–H groups in total. The van der Waals surface area contributed by atoms with Crippen LogP contribution in [0.15, 0.2) is 72.9 Å². The fourth-order valence-corrected chi connectivity index (χ4v) is 7.70. The minimum Gasteiger partial charge on any atom is -0.477 e. The third kappa shape index (κ3) is 45.9. The second kappa shape index (κ2) is 48.2. The van der Waals surface area contributed by atoms with Crippen molar-refractivity contribution < 1.29 is 38.2 Å². The van der Waals surface area contributed by atoms with Gasteiger partial charge in [-0.25, -0.2) is 4.79 Å². The number of quaternary nitrogens is 1. The van der Waals surface area contributed by atoms with E-state index in [0.29, 0.717) is 19.3 Å². The zero-order valence-electron chi connectivity index (χ0n) is 43.4. The SMILES string of the molecule is CC/C=C/C/C=C/C/C=C/CCCCCCCCCCCCC(=O)OCC(COCCC(C(=O)O)[N+](C)(C)C)OC(=O)CCCCCCCCCCC/C=C/C/C=C/C/C=C/CCCCC. The van der Waals surface area contributed by atoms with Crippen molar-refractivity contribution in [2.24, 2.45) is 0 Å². The molecule has 66 heavy (non-hydrogen) atoms. The molecule has 0 spiro atoms. The number of unbranched alkanes of at least 4 members (excludes halogenated alkanes) is 22. The van der Waals surface area contributed by atoms with Gasteiger partial charge in [0.05, 0.1) is 34.4 Å². The fraction of sp³-hybridized carbons (Fsp3) is 0.741. The maximum Gasteiger partial charge on any atom is 0.362 e. The van der Waals surface area contributed by atoms with E-state index in [1.54, 1.807) is 0 Å². The number of likely N-dealkylation sites (N-methyl/N-ethyl adjacent to an activating group) is 1. The molecule has 0 aliphatic rings. The standard InChI is InChI=1S/C58H101NO7/c1-6-8-10-12-14-16-18-20-22-24-26-28-29-31-33-35-37-39-41-43-45-47-49-57(61)66-54(52-64-51-50-55(58(62)63)59(3,4)5)53-65-56(60)48-46-44-42-40-38-36-34-32-30-27-25-23-21-19-17-15-13-11-9-7-2/h9,11,14-17,20-23,26,28,54-55H,6-8,10,12-13,18-19,24-25,27,29-53H2,1-5H3/p+1/b11-9+,16-14+,17-15+,22-20+,23-21+,28-26+. The van der Waals surface area contributed by atoms with E-state index in [4.69, 9.17) is 14.2 Å². The highest BCUT2D eigenvalue weighted by molar-refractivity contribution is 5.72. The molecule has 0 aromatic rings. The Morgan fingerprint density at radius 2 is 0.848 bits per heavy atom. The van der Waals surface area contributed by atoms with Crippen molar-refractivity contribution in [1.82, 2.24) is 0 Å². The van der Waals surface area contributed by atoms with Crippen molar-refractivity contribution in [2.45, 2.75) is 238 Å². The summed E-state index contributed by atoms with van der Waals surface area (Å²) >= 11 is 0. The van der Waals surface area contributed by atoms with Gasteiger partial charge in [-0.3, -0.25) is 9.59 Å².